The zero-order chi connectivity index (χ0) is 15.7. The van der Waals surface area contributed by atoms with Gasteiger partial charge >= 0.3 is 0 Å². The Hall–Kier alpha value is -2.45. The van der Waals surface area contributed by atoms with Crippen LogP contribution in [0.4, 0.5) is 27.6 Å². The molecular weight excluding hydrogens is 297 g/mol. The first-order valence-electron chi connectivity index (χ1n) is 5.72. The molecule has 2 aromatic rings. The molecule has 1 aromatic carbocycles. The lowest BCUT2D eigenvalue weighted by Crippen LogP contribution is -2.16. The minimum absolute atomic E-state index is 0.0826. The molecule has 0 spiro atoms. The summed E-state index contributed by atoms with van der Waals surface area (Å²) in [6.07, 6.45) is 2.37. The Morgan fingerprint density at radius 3 is 2.10 bits per heavy atom. The van der Waals surface area contributed by atoms with Gasteiger partial charge in [-0.05, 0) is 6.92 Å². The third-order valence-electron chi connectivity index (χ3n) is 2.67. The number of halogens is 5. The van der Waals surface area contributed by atoms with Gasteiger partial charge in [0.25, 0.3) is 5.91 Å². The van der Waals surface area contributed by atoms with Gasteiger partial charge in [0, 0.05) is 12.7 Å². The number of carbonyl (C=O) groups excluding carboxylic acids is 1. The van der Waals surface area contributed by atoms with Crippen LogP contribution < -0.4 is 5.32 Å². The molecular formula is C12H8F5N3O. The highest BCUT2D eigenvalue weighted by molar-refractivity contribution is 6.04. The Morgan fingerprint density at radius 1 is 1.10 bits per heavy atom. The summed E-state index contributed by atoms with van der Waals surface area (Å²) in [5.74, 6) is -11.8. The van der Waals surface area contributed by atoms with E-state index in [1.807, 2.05) is 0 Å². The van der Waals surface area contributed by atoms with Crippen molar-refractivity contribution in [2.45, 2.75) is 13.5 Å². The molecule has 1 N–H and O–H groups in total. The molecule has 2 rings (SSSR count). The zero-order valence-electron chi connectivity index (χ0n) is 10.6. The van der Waals surface area contributed by atoms with Crippen molar-refractivity contribution in [3.8, 4) is 0 Å². The fourth-order valence-corrected chi connectivity index (χ4v) is 1.55. The smallest absolute Gasteiger partial charge is 0.259 e. The van der Waals surface area contributed by atoms with Crippen molar-refractivity contribution in [1.29, 1.82) is 0 Å². The Labute approximate surface area is 115 Å². The van der Waals surface area contributed by atoms with Gasteiger partial charge in [0.15, 0.2) is 23.3 Å². The molecule has 9 heteroatoms. The summed E-state index contributed by atoms with van der Waals surface area (Å²) in [5.41, 5.74) is -1.48. The van der Waals surface area contributed by atoms with Crippen molar-refractivity contribution in [1.82, 2.24) is 9.78 Å². The molecule has 1 amide bonds. The Balaban J connectivity index is 2.38. The molecule has 1 aromatic heterocycles. The van der Waals surface area contributed by atoms with Gasteiger partial charge in [-0.25, -0.2) is 22.0 Å². The maximum atomic E-state index is 13.4. The molecule has 0 atom stereocenters. The molecule has 0 bridgehead atoms. The zero-order valence-corrected chi connectivity index (χ0v) is 10.6. The molecule has 1 heterocycles. The van der Waals surface area contributed by atoms with Gasteiger partial charge in [-0.3, -0.25) is 9.48 Å². The topological polar surface area (TPSA) is 46.9 Å². The van der Waals surface area contributed by atoms with E-state index in [1.54, 1.807) is 12.2 Å². The van der Waals surface area contributed by atoms with E-state index in [4.69, 9.17) is 0 Å². The van der Waals surface area contributed by atoms with E-state index in [9.17, 15) is 26.7 Å². The summed E-state index contributed by atoms with van der Waals surface area (Å²) < 4.78 is 67.0. The second-order valence-electron chi connectivity index (χ2n) is 3.98. The fraction of sp³-hybridized carbons (Fsp3) is 0.167. The van der Waals surface area contributed by atoms with E-state index in [-0.39, 0.29) is 5.56 Å². The molecule has 0 aliphatic carbocycles. The van der Waals surface area contributed by atoms with E-state index in [0.717, 1.165) is 6.20 Å². The molecule has 112 valence electrons. The third kappa shape index (κ3) is 2.58. The van der Waals surface area contributed by atoms with E-state index < -0.39 is 40.7 Å². The fourth-order valence-electron chi connectivity index (χ4n) is 1.55. The standard InChI is InChI=1S/C12H8F5N3O/c1-2-20-4-5(3-18-20)12(21)19-11-9(16)7(14)6(13)8(15)10(11)17/h3-4H,2H2,1H3,(H,19,21). The maximum absolute atomic E-state index is 13.4. The normalized spacial score (nSPS) is 10.8. The molecule has 0 fully saturated rings. The molecule has 0 saturated heterocycles. The largest absolute Gasteiger partial charge is 0.317 e. The van der Waals surface area contributed by atoms with Crippen molar-refractivity contribution in [2.24, 2.45) is 0 Å². The monoisotopic (exact) mass is 305 g/mol. The first-order valence-corrected chi connectivity index (χ1v) is 5.72. The summed E-state index contributed by atoms with van der Waals surface area (Å²) in [5, 5.41) is 5.40. The average Bonchev–Trinajstić information content (AvgIpc) is 2.96. The van der Waals surface area contributed by atoms with Crippen LogP contribution in [0.5, 0.6) is 0 Å². The minimum atomic E-state index is -2.29. The predicted octanol–water partition coefficient (Wildman–Crippen LogP) is 2.85. The average molecular weight is 305 g/mol. The Bertz CT molecular complexity index is 684. The highest BCUT2D eigenvalue weighted by Crippen LogP contribution is 2.27. The van der Waals surface area contributed by atoms with Gasteiger partial charge in [-0.1, -0.05) is 0 Å². The summed E-state index contributed by atoms with van der Waals surface area (Å²) in [6, 6.07) is 0. The van der Waals surface area contributed by atoms with Crippen LogP contribution in [0.1, 0.15) is 17.3 Å². The molecule has 0 aliphatic rings. The van der Waals surface area contributed by atoms with Crippen molar-refractivity contribution < 1.29 is 26.7 Å². The number of rotatable bonds is 3. The number of aryl methyl sites for hydroxylation is 1. The van der Waals surface area contributed by atoms with Crippen LogP contribution in [0.25, 0.3) is 0 Å². The van der Waals surface area contributed by atoms with Crippen LogP contribution in [-0.4, -0.2) is 15.7 Å². The number of carbonyl (C=O) groups is 1. The van der Waals surface area contributed by atoms with Crippen LogP contribution in [0.3, 0.4) is 0 Å². The van der Waals surface area contributed by atoms with Crippen LogP contribution in [0.15, 0.2) is 12.4 Å². The van der Waals surface area contributed by atoms with E-state index in [2.05, 4.69) is 5.10 Å². The van der Waals surface area contributed by atoms with Gasteiger partial charge in [-0.15, -0.1) is 0 Å². The SMILES string of the molecule is CCn1cc(C(=O)Nc2c(F)c(F)c(F)c(F)c2F)cn1. The first-order chi connectivity index (χ1) is 9.86. The Morgan fingerprint density at radius 2 is 1.62 bits per heavy atom. The van der Waals surface area contributed by atoms with Crippen molar-refractivity contribution in [3.63, 3.8) is 0 Å². The first kappa shape index (κ1) is 14.9. The number of aromatic nitrogens is 2. The minimum Gasteiger partial charge on any atom is -0.317 e. The van der Waals surface area contributed by atoms with E-state index in [1.165, 1.54) is 10.9 Å². The van der Waals surface area contributed by atoms with Gasteiger partial charge in [0.05, 0.1) is 11.8 Å². The molecule has 0 unspecified atom stereocenters. The third-order valence-corrected chi connectivity index (χ3v) is 2.67. The second kappa shape index (κ2) is 5.51. The second-order valence-corrected chi connectivity index (χ2v) is 3.98. The number of anilines is 1. The van der Waals surface area contributed by atoms with Crippen molar-refractivity contribution >= 4 is 11.6 Å². The summed E-state index contributed by atoms with van der Waals surface area (Å²) in [4.78, 5) is 11.7. The van der Waals surface area contributed by atoms with Crippen LogP contribution in [0.2, 0.25) is 0 Å². The number of nitrogens with one attached hydrogen (secondary N) is 1. The summed E-state index contributed by atoms with van der Waals surface area (Å²) in [6.45, 7) is 2.18. The van der Waals surface area contributed by atoms with Gasteiger partial charge < -0.3 is 5.32 Å². The van der Waals surface area contributed by atoms with Crippen molar-refractivity contribution in [2.75, 3.05) is 5.32 Å². The summed E-state index contributed by atoms with van der Waals surface area (Å²) >= 11 is 0. The highest BCUT2D eigenvalue weighted by Gasteiger charge is 2.27. The van der Waals surface area contributed by atoms with E-state index >= 15 is 0 Å². The molecule has 0 aliphatic heterocycles. The van der Waals surface area contributed by atoms with Gasteiger partial charge in [0.1, 0.15) is 5.69 Å². The molecule has 21 heavy (non-hydrogen) atoms. The highest BCUT2D eigenvalue weighted by atomic mass is 19.2. The van der Waals surface area contributed by atoms with Gasteiger partial charge in [0.2, 0.25) is 5.82 Å². The number of hydrogen-bond acceptors (Lipinski definition) is 2. The maximum Gasteiger partial charge on any atom is 0.259 e. The number of benzene rings is 1. The van der Waals surface area contributed by atoms with E-state index in [0.29, 0.717) is 6.54 Å². The lowest BCUT2D eigenvalue weighted by Gasteiger charge is -2.08. The van der Waals surface area contributed by atoms with Crippen molar-refractivity contribution in [3.05, 3.63) is 47.0 Å². The summed E-state index contributed by atoms with van der Waals surface area (Å²) in [7, 11) is 0. The Kier molecular flexibility index (Phi) is 3.92. The lowest BCUT2D eigenvalue weighted by molar-refractivity contribution is 0.102. The number of amides is 1. The number of nitrogens with zero attached hydrogens (tertiary/aromatic N) is 2. The molecule has 0 saturated carbocycles. The van der Waals surface area contributed by atoms with Crippen LogP contribution in [-0.2, 0) is 6.54 Å². The van der Waals surface area contributed by atoms with Crippen LogP contribution in [0, 0.1) is 29.1 Å². The quantitative estimate of drug-likeness (QED) is 0.538. The molecule has 0 radical (unpaired) electrons. The lowest BCUT2D eigenvalue weighted by atomic mass is 10.2. The molecule has 4 nitrogen and oxygen atoms in total. The predicted molar refractivity (Wildman–Crippen MR) is 62.1 cm³/mol. The van der Waals surface area contributed by atoms with Crippen LogP contribution >= 0.6 is 0 Å². The number of hydrogen-bond donors (Lipinski definition) is 1. The van der Waals surface area contributed by atoms with Gasteiger partial charge in [-0.2, -0.15) is 5.10 Å².